The molecule has 0 aromatic rings. The fourth-order valence-electron chi connectivity index (χ4n) is 7.81. The summed E-state index contributed by atoms with van der Waals surface area (Å²) in [7, 11) is 0. The average molecular weight is 821 g/mol. The second kappa shape index (κ2) is 44.9. The molecule has 6 heteroatoms. The van der Waals surface area contributed by atoms with E-state index in [0.717, 1.165) is 69.6 Å². The van der Waals surface area contributed by atoms with E-state index in [9.17, 15) is 14.4 Å². The molecule has 0 aromatic carbocycles. The Morgan fingerprint density at radius 2 is 0.569 bits per heavy atom. The quantitative estimate of drug-likeness (QED) is 0.0346. The van der Waals surface area contributed by atoms with E-state index < -0.39 is 6.10 Å². The first-order valence-corrected chi connectivity index (χ1v) is 25.7. The van der Waals surface area contributed by atoms with Crippen molar-refractivity contribution < 1.29 is 28.6 Å². The third-order valence-corrected chi connectivity index (χ3v) is 11.7. The van der Waals surface area contributed by atoms with Gasteiger partial charge < -0.3 is 14.2 Å². The summed E-state index contributed by atoms with van der Waals surface area (Å²) in [6, 6.07) is 0. The highest BCUT2D eigenvalue weighted by Gasteiger charge is 2.19. The summed E-state index contributed by atoms with van der Waals surface area (Å²) in [5.41, 5.74) is 0. The maximum Gasteiger partial charge on any atom is 0.306 e. The molecule has 0 spiro atoms. The van der Waals surface area contributed by atoms with Crippen LogP contribution in [0.2, 0.25) is 0 Å². The molecule has 344 valence electrons. The molecule has 0 aliphatic rings. The zero-order valence-corrected chi connectivity index (χ0v) is 39.7. The number of esters is 3. The SMILES string of the molecule is CCCCCCCCCCCCCCC(=O)O[C@H](COC(=O)CCCCCCCCCCCCCCC(C)C)COC(=O)CCCCCCCCCCCCC(C)C. The van der Waals surface area contributed by atoms with Crippen LogP contribution in [-0.2, 0) is 28.6 Å². The van der Waals surface area contributed by atoms with Gasteiger partial charge in [0.1, 0.15) is 13.2 Å². The van der Waals surface area contributed by atoms with Gasteiger partial charge in [0.05, 0.1) is 0 Å². The molecule has 0 fully saturated rings. The van der Waals surface area contributed by atoms with Crippen LogP contribution in [-0.4, -0.2) is 37.2 Å². The minimum Gasteiger partial charge on any atom is -0.462 e. The maximum absolute atomic E-state index is 12.8. The van der Waals surface area contributed by atoms with Crippen molar-refractivity contribution >= 4 is 17.9 Å². The first-order valence-electron chi connectivity index (χ1n) is 25.7. The van der Waals surface area contributed by atoms with Crippen molar-refractivity contribution in [3.63, 3.8) is 0 Å². The molecule has 0 aliphatic heterocycles. The van der Waals surface area contributed by atoms with Crippen LogP contribution in [0.3, 0.4) is 0 Å². The molecule has 0 bridgehead atoms. The molecule has 58 heavy (non-hydrogen) atoms. The van der Waals surface area contributed by atoms with E-state index >= 15 is 0 Å². The van der Waals surface area contributed by atoms with Gasteiger partial charge in [-0.1, -0.05) is 247 Å². The Bertz CT molecular complexity index is 885. The van der Waals surface area contributed by atoms with Crippen molar-refractivity contribution in [1.82, 2.24) is 0 Å². The lowest BCUT2D eigenvalue weighted by molar-refractivity contribution is -0.167. The van der Waals surface area contributed by atoms with Crippen molar-refractivity contribution in [1.29, 1.82) is 0 Å². The van der Waals surface area contributed by atoms with E-state index in [1.807, 2.05) is 0 Å². The summed E-state index contributed by atoms with van der Waals surface area (Å²) in [6.07, 6.45) is 45.1. The van der Waals surface area contributed by atoms with E-state index in [0.29, 0.717) is 19.3 Å². The molecular formula is C52H100O6. The lowest BCUT2D eigenvalue weighted by atomic mass is 10.0. The summed E-state index contributed by atoms with van der Waals surface area (Å²) in [5.74, 6) is 0.804. The van der Waals surface area contributed by atoms with Crippen molar-refractivity contribution in [3.8, 4) is 0 Å². The molecule has 0 heterocycles. The predicted octanol–water partition coefficient (Wildman–Crippen LogP) is 16.5. The van der Waals surface area contributed by atoms with E-state index in [4.69, 9.17) is 14.2 Å². The molecule has 0 rings (SSSR count). The number of rotatable bonds is 46. The van der Waals surface area contributed by atoms with Gasteiger partial charge in [-0.15, -0.1) is 0 Å². The molecule has 0 aliphatic carbocycles. The van der Waals surface area contributed by atoms with Crippen molar-refractivity contribution in [2.45, 2.75) is 291 Å². The Labute approximate surface area is 361 Å². The van der Waals surface area contributed by atoms with Crippen LogP contribution in [0.1, 0.15) is 285 Å². The minimum absolute atomic E-state index is 0.0637. The molecule has 0 unspecified atom stereocenters. The Morgan fingerprint density at radius 3 is 0.845 bits per heavy atom. The number of hydrogen-bond acceptors (Lipinski definition) is 6. The van der Waals surface area contributed by atoms with Gasteiger partial charge in [-0.25, -0.2) is 0 Å². The van der Waals surface area contributed by atoms with Gasteiger partial charge in [0.2, 0.25) is 0 Å². The average Bonchev–Trinajstić information content (AvgIpc) is 3.19. The van der Waals surface area contributed by atoms with Crippen LogP contribution in [0.25, 0.3) is 0 Å². The highest BCUT2D eigenvalue weighted by Crippen LogP contribution is 2.17. The smallest absolute Gasteiger partial charge is 0.306 e. The summed E-state index contributed by atoms with van der Waals surface area (Å²) in [6.45, 7) is 11.4. The molecule has 0 saturated carbocycles. The van der Waals surface area contributed by atoms with E-state index in [1.54, 1.807) is 0 Å². The van der Waals surface area contributed by atoms with Crippen LogP contribution >= 0.6 is 0 Å². The zero-order valence-electron chi connectivity index (χ0n) is 39.7. The maximum atomic E-state index is 12.8. The molecule has 6 nitrogen and oxygen atoms in total. The van der Waals surface area contributed by atoms with Crippen LogP contribution < -0.4 is 0 Å². The summed E-state index contributed by atoms with van der Waals surface area (Å²) in [5, 5.41) is 0. The lowest BCUT2D eigenvalue weighted by Gasteiger charge is -2.18. The number of hydrogen-bond donors (Lipinski definition) is 0. The van der Waals surface area contributed by atoms with Gasteiger partial charge in [-0.3, -0.25) is 14.4 Å². The monoisotopic (exact) mass is 821 g/mol. The second-order valence-electron chi connectivity index (χ2n) is 18.8. The molecule has 0 aromatic heterocycles. The highest BCUT2D eigenvalue weighted by atomic mass is 16.6. The lowest BCUT2D eigenvalue weighted by Crippen LogP contribution is -2.30. The van der Waals surface area contributed by atoms with Crippen molar-refractivity contribution in [3.05, 3.63) is 0 Å². The van der Waals surface area contributed by atoms with Gasteiger partial charge in [-0.2, -0.15) is 0 Å². The van der Waals surface area contributed by atoms with Crippen LogP contribution in [0.4, 0.5) is 0 Å². The van der Waals surface area contributed by atoms with Crippen LogP contribution in [0.15, 0.2) is 0 Å². The standard InChI is InChI=1S/C52H100O6/c1-6-7-8-9-10-11-12-16-24-29-34-39-44-52(55)58-49(46-57-51(54)43-38-33-28-23-19-18-21-26-31-36-41-48(4)5)45-56-50(53)42-37-32-27-22-17-14-13-15-20-25-30-35-40-47(2)3/h47-49H,6-46H2,1-5H3/t49-/m1/s1. The highest BCUT2D eigenvalue weighted by molar-refractivity contribution is 5.71. The minimum atomic E-state index is -0.761. The molecule has 1 atom stereocenters. The van der Waals surface area contributed by atoms with Gasteiger partial charge >= 0.3 is 17.9 Å². The first kappa shape index (κ1) is 56.4. The van der Waals surface area contributed by atoms with Gasteiger partial charge in [0.25, 0.3) is 0 Å². The summed E-state index contributed by atoms with van der Waals surface area (Å²) in [4.78, 5) is 37.9. The molecular weight excluding hydrogens is 721 g/mol. The third-order valence-electron chi connectivity index (χ3n) is 11.7. The van der Waals surface area contributed by atoms with Crippen LogP contribution in [0.5, 0.6) is 0 Å². The molecule has 0 N–H and O–H groups in total. The fraction of sp³-hybridized carbons (Fsp3) is 0.942. The van der Waals surface area contributed by atoms with Gasteiger partial charge in [0.15, 0.2) is 6.10 Å². The number of unbranched alkanes of at least 4 members (excludes halogenated alkanes) is 31. The van der Waals surface area contributed by atoms with Gasteiger partial charge in [0, 0.05) is 19.3 Å². The normalized spacial score (nSPS) is 12.1. The summed E-state index contributed by atoms with van der Waals surface area (Å²) >= 11 is 0. The Hall–Kier alpha value is -1.59. The van der Waals surface area contributed by atoms with E-state index in [-0.39, 0.29) is 31.1 Å². The topological polar surface area (TPSA) is 78.9 Å². The molecule has 0 amide bonds. The molecule has 0 radical (unpaired) electrons. The molecule has 0 saturated heterocycles. The van der Waals surface area contributed by atoms with Crippen LogP contribution in [0, 0.1) is 11.8 Å². The van der Waals surface area contributed by atoms with E-state index in [1.165, 1.54) is 173 Å². The largest absolute Gasteiger partial charge is 0.462 e. The second-order valence-corrected chi connectivity index (χ2v) is 18.8. The fourth-order valence-corrected chi connectivity index (χ4v) is 7.81. The number of ether oxygens (including phenoxy) is 3. The van der Waals surface area contributed by atoms with Crippen molar-refractivity contribution in [2.24, 2.45) is 11.8 Å². The zero-order chi connectivity index (χ0) is 42.6. The van der Waals surface area contributed by atoms with E-state index in [2.05, 4.69) is 34.6 Å². The number of carbonyl (C=O) groups excluding carboxylic acids is 3. The Morgan fingerprint density at radius 1 is 0.328 bits per heavy atom. The predicted molar refractivity (Wildman–Crippen MR) is 247 cm³/mol. The third kappa shape index (κ3) is 45.5. The number of carbonyl (C=O) groups is 3. The Kier molecular flexibility index (Phi) is 43.7. The van der Waals surface area contributed by atoms with Crippen molar-refractivity contribution in [2.75, 3.05) is 13.2 Å². The van der Waals surface area contributed by atoms with Gasteiger partial charge in [-0.05, 0) is 31.1 Å². The summed E-state index contributed by atoms with van der Waals surface area (Å²) < 4.78 is 16.8. The first-order chi connectivity index (χ1) is 28.2. The Balaban J connectivity index is 4.31.